The molecule has 0 fully saturated rings. The number of rotatable bonds is 1. The van der Waals surface area contributed by atoms with E-state index < -0.39 is 0 Å². The molecule has 2 aromatic heterocycles. The zero-order valence-electron chi connectivity index (χ0n) is 9.75. The Kier molecular flexibility index (Phi) is 1.95. The molecule has 0 saturated heterocycles. The summed E-state index contributed by atoms with van der Waals surface area (Å²) in [6.45, 7) is 0. The van der Waals surface area contributed by atoms with Gasteiger partial charge in [0, 0.05) is 19.5 Å². The van der Waals surface area contributed by atoms with Crippen LogP contribution in [-0.4, -0.2) is 28.7 Å². The van der Waals surface area contributed by atoms with Crippen LogP contribution in [0.25, 0.3) is 21.9 Å². The van der Waals surface area contributed by atoms with Gasteiger partial charge < -0.3 is 10.7 Å². The molecule has 0 unspecified atom stereocenters. The molecule has 0 spiro atoms. The third kappa shape index (κ3) is 1.32. The van der Waals surface area contributed by atoms with E-state index in [0.29, 0.717) is 5.95 Å². The summed E-state index contributed by atoms with van der Waals surface area (Å²) >= 11 is 0. The normalized spacial score (nSPS) is 11.2. The Bertz CT molecular complexity index is 699. The molecule has 86 valence electrons. The van der Waals surface area contributed by atoms with Crippen LogP contribution >= 0.6 is 0 Å². The summed E-state index contributed by atoms with van der Waals surface area (Å²) < 4.78 is 1.89. The molecule has 2 heterocycles. The predicted molar refractivity (Wildman–Crippen MR) is 69.5 cm³/mol. The molecular formula is C12H13N5. The number of fused-ring (bicyclic) bond motifs is 3. The topological polar surface area (TPSA) is 60.0 Å². The van der Waals surface area contributed by atoms with E-state index in [2.05, 4.69) is 9.97 Å². The standard InChI is InChI=1S/C12H13N5/c1-16(2)17-11-8-5-3-4-6-9(8)14-7-10(11)15-12(17)13/h3-7H,1-2H3,(H2,13,15). The van der Waals surface area contributed by atoms with Crippen molar-refractivity contribution < 1.29 is 0 Å². The molecule has 0 radical (unpaired) electrons. The van der Waals surface area contributed by atoms with Crippen LogP contribution in [0.3, 0.4) is 0 Å². The summed E-state index contributed by atoms with van der Waals surface area (Å²) in [7, 11) is 3.87. The summed E-state index contributed by atoms with van der Waals surface area (Å²) in [5.41, 5.74) is 8.69. The maximum Gasteiger partial charge on any atom is 0.220 e. The fraction of sp³-hybridized carbons (Fsp3) is 0.167. The van der Waals surface area contributed by atoms with E-state index in [-0.39, 0.29) is 0 Å². The van der Waals surface area contributed by atoms with Crippen LogP contribution in [0, 0.1) is 0 Å². The van der Waals surface area contributed by atoms with Crippen LogP contribution in [0.15, 0.2) is 30.5 Å². The van der Waals surface area contributed by atoms with Gasteiger partial charge in [0.15, 0.2) is 0 Å². The fourth-order valence-electron chi connectivity index (χ4n) is 2.11. The summed E-state index contributed by atoms with van der Waals surface area (Å²) in [6, 6.07) is 7.98. The molecule has 0 aliphatic rings. The maximum atomic E-state index is 5.93. The Morgan fingerprint density at radius 3 is 2.71 bits per heavy atom. The van der Waals surface area contributed by atoms with Crippen molar-refractivity contribution in [1.29, 1.82) is 0 Å². The Labute approximate surface area is 98.5 Å². The molecule has 0 saturated carbocycles. The number of imidazole rings is 1. The van der Waals surface area contributed by atoms with Crippen molar-refractivity contribution in [2.24, 2.45) is 0 Å². The van der Waals surface area contributed by atoms with Crippen LogP contribution in [0.2, 0.25) is 0 Å². The molecule has 0 atom stereocenters. The van der Waals surface area contributed by atoms with Gasteiger partial charge in [0.1, 0.15) is 11.0 Å². The molecule has 3 aromatic rings. The van der Waals surface area contributed by atoms with Gasteiger partial charge in [-0.05, 0) is 6.07 Å². The van der Waals surface area contributed by atoms with E-state index in [9.17, 15) is 0 Å². The molecule has 3 rings (SSSR count). The Balaban J connectivity index is 2.55. The van der Waals surface area contributed by atoms with E-state index in [1.54, 1.807) is 6.20 Å². The van der Waals surface area contributed by atoms with Crippen LogP contribution in [0.5, 0.6) is 0 Å². The molecule has 1 aromatic carbocycles. The highest BCUT2D eigenvalue weighted by Gasteiger charge is 2.12. The molecule has 17 heavy (non-hydrogen) atoms. The van der Waals surface area contributed by atoms with Crippen LogP contribution in [0.1, 0.15) is 0 Å². The van der Waals surface area contributed by atoms with E-state index in [4.69, 9.17) is 5.73 Å². The van der Waals surface area contributed by atoms with E-state index in [1.807, 2.05) is 48.0 Å². The number of nitrogens with two attached hydrogens (primary N) is 1. The number of nitrogen functional groups attached to an aromatic ring is 1. The number of pyridine rings is 1. The summed E-state index contributed by atoms with van der Waals surface area (Å²) in [6.07, 6.45) is 1.76. The van der Waals surface area contributed by atoms with Gasteiger partial charge in [-0.1, -0.05) is 18.2 Å². The number of anilines is 1. The second-order valence-electron chi connectivity index (χ2n) is 4.14. The molecule has 0 aliphatic heterocycles. The van der Waals surface area contributed by atoms with E-state index in [0.717, 1.165) is 21.9 Å². The van der Waals surface area contributed by atoms with Crippen molar-refractivity contribution in [2.75, 3.05) is 24.8 Å². The van der Waals surface area contributed by atoms with Crippen LogP contribution in [-0.2, 0) is 0 Å². The van der Waals surface area contributed by atoms with Gasteiger partial charge in [-0.15, -0.1) is 0 Å². The molecule has 5 heteroatoms. The summed E-state index contributed by atoms with van der Waals surface area (Å²) in [4.78, 5) is 8.69. The first-order valence-electron chi connectivity index (χ1n) is 5.38. The lowest BCUT2D eigenvalue weighted by molar-refractivity contribution is 0.766. The summed E-state index contributed by atoms with van der Waals surface area (Å²) in [5.74, 6) is 0.475. The largest absolute Gasteiger partial charge is 0.368 e. The SMILES string of the molecule is CN(C)n1c(N)nc2cnc3ccccc3c21. The zero-order valence-corrected chi connectivity index (χ0v) is 9.75. The minimum absolute atomic E-state index is 0.475. The van der Waals surface area contributed by atoms with Crippen molar-refractivity contribution in [3.63, 3.8) is 0 Å². The highest BCUT2D eigenvalue weighted by atomic mass is 15.6. The van der Waals surface area contributed by atoms with Gasteiger partial charge in [0.25, 0.3) is 0 Å². The molecule has 2 N–H and O–H groups in total. The van der Waals surface area contributed by atoms with Gasteiger partial charge in [-0.3, -0.25) is 4.98 Å². The molecular weight excluding hydrogens is 214 g/mol. The van der Waals surface area contributed by atoms with Gasteiger partial charge in [0.05, 0.1) is 11.7 Å². The quantitative estimate of drug-likeness (QED) is 0.682. The highest BCUT2D eigenvalue weighted by Crippen LogP contribution is 2.25. The Morgan fingerprint density at radius 2 is 1.94 bits per heavy atom. The number of para-hydroxylation sites is 1. The second kappa shape index (κ2) is 3.35. The van der Waals surface area contributed by atoms with Crippen molar-refractivity contribution in [2.45, 2.75) is 0 Å². The van der Waals surface area contributed by atoms with Gasteiger partial charge in [-0.2, -0.15) is 0 Å². The summed E-state index contributed by atoms with van der Waals surface area (Å²) in [5, 5.41) is 2.97. The lowest BCUT2D eigenvalue weighted by atomic mass is 10.2. The predicted octanol–water partition coefficient (Wildman–Crippen LogP) is 1.36. The van der Waals surface area contributed by atoms with Gasteiger partial charge >= 0.3 is 0 Å². The lowest BCUT2D eigenvalue weighted by Gasteiger charge is -2.16. The first-order valence-corrected chi connectivity index (χ1v) is 5.38. The number of nitrogens with zero attached hydrogens (tertiary/aromatic N) is 4. The number of benzene rings is 1. The highest BCUT2D eigenvalue weighted by molar-refractivity contribution is 6.03. The van der Waals surface area contributed by atoms with E-state index in [1.165, 1.54) is 0 Å². The first-order chi connectivity index (χ1) is 8.18. The lowest BCUT2D eigenvalue weighted by Crippen LogP contribution is -2.26. The molecule has 0 bridgehead atoms. The van der Waals surface area contributed by atoms with E-state index >= 15 is 0 Å². The molecule has 0 amide bonds. The third-order valence-corrected chi connectivity index (χ3v) is 2.79. The average Bonchev–Trinajstić information content (AvgIpc) is 2.65. The Morgan fingerprint density at radius 1 is 1.18 bits per heavy atom. The first kappa shape index (κ1) is 9.89. The molecule has 0 aliphatic carbocycles. The van der Waals surface area contributed by atoms with Crippen molar-refractivity contribution in [3.8, 4) is 0 Å². The minimum atomic E-state index is 0.475. The number of hydrogen-bond acceptors (Lipinski definition) is 4. The second-order valence-corrected chi connectivity index (χ2v) is 4.14. The number of hydrogen-bond donors (Lipinski definition) is 1. The fourth-order valence-corrected chi connectivity index (χ4v) is 2.11. The van der Waals surface area contributed by atoms with Gasteiger partial charge in [-0.25, -0.2) is 9.66 Å². The Hall–Kier alpha value is -2.30. The van der Waals surface area contributed by atoms with Gasteiger partial charge in [0.2, 0.25) is 5.95 Å². The monoisotopic (exact) mass is 227 g/mol. The van der Waals surface area contributed by atoms with Crippen molar-refractivity contribution >= 4 is 27.9 Å². The smallest absolute Gasteiger partial charge is 0.220 e. The van der Waals surface area contributed by atoms with Crippen LogP contribution < -0.4 is 10.7 Å². The van der Waals surface area contributed by atoms with Crippen molar-refractivity contribution in [1.82, 2.24) is 14.6 Å². The third-order valence-electron chi connectivity index (χ3n) is 2.79. The zero-order chi connectivity index (χ0) is 12.0. The molecule has 5 nitrogen and oxygen atoms in total. The average molecular weight is 227 g/mol. The maximum absolute atomic E-state index is 5.93. The van der Waals surface area contributed by atoms with Crippen molar-refractivity contribution in [3.05, 3.63) is 30.5 Å². The minimum Gasteiger partial charge on any atom is -0.368 e. The number of aromatic nitrogens is 3. The van der Waals surface area contributed by atoms with Crippen LogP contribution in [0.4, 0.5) is 5.95 Å².